The molecule has 0 unspecified atom stereocenters. The predicted molar refractivity (Wildman–Crippen MR) is 74.7 cm³/mol. The highest BCUT2D eigenvalue weighted by Gasteiger charge is 2.12. The minimum atomic E-state index is -3.50. The molecule has 0 saturated heterocycles. The molecule has 0 radical (unpaired) electrons. The van der Waals surface area contributed by atoms with Gasteiger partial charge >= 0.3 is 0 Å². The van der Waals surface area contributed by atoms with Gasteiger partial charge in [-0.2, -0.15) is 0 Å². The van der Waals surface area contributed by atoms with Crippen LogP contribution in [0.4, 0.5) is 10.1 Å². The van der Waals surface area contributed by atoms with Crippen molar-refractivity contribution >= 4 is 31.6 Å². The summed E-state index contributed by atoms with van der Waals surface area (Å²) in [5.41, 5.74) is -0.0262. The Labute approximate surface area is 115 Å². The molecule has 0 aliphatic rings. The van der Waals surface area contributed by atoms with Crippen LogP contribution in [0.15, 0.2) is 22.7 Å². The summed E-state index contributed by atoms with van der Waals surface area (Å²) < 4.78 is 39.6. The molecule has 1 aromatic carbocycles. The molecule has 0 spiro atoms. The van der Waals surface area contributed by atoms with E-state index in [1.54, 1.807) is 6.07 Å². The van der Waals surface area contributed by atoms with E-state index in [1.165, 1.54) is 12.1 Å². The average Bonchev–Trinajstić information content (AvgIpc) is 2.28. The Hall–Kier alpha value is -0.660. The van der Waals surface area contributed by atoms with E-state index in [4.69, 9.17) is 0 Å². The Morgan fingerprint density at radius 2 is 2.11 bits per heavy atom. The van der Waals surface area contributed by atoms with Crippen LogP contribution in [-0.4, -0.2) is 27.3 Å². The van der Waals surface area contributed by atoms with Gasteiger partial charge in [0.15, 0.2) is 0 Å². The van der Waals surface area contributed by atoms with Gasteiger partial charge in [-0.1, -0.05) is 22.9 Å². The second-order valence-electron chi connectivity index (χ2n) is 3.75. The van der Waals surface area contributed by atoms with Gasteiger partial charge in [0.1, 0.15) is 5.82 Å². The van der Waals surface area contributed by atoms with Crippen LogP contribution in [-0.2, 0) is 10.0 Å². The molecule has 2 N–H and O–H groups in total. The van der Waals surface area contributed by atoms with Gasteiger partial charge in [0, 0.05) is 4.47 Å². The van der Waals surface area contributed by atoms with Crippen molar-refractivity contribution in [3.05, 3.63) is 28.5 Å². The number of benzene rings is 1. The lowest BCUT2D eigenvalue weighted by Crippen LogP contribution is -2.22. The van der Waals surface area contributed by atoms with Gasteiger partial charge < -0.3 is 5.32 Å². The van der Waals surface area contributed by atoms with E-state index in [9.17, 15) is 12.8 Å². The van der Waals surface area contributed by atoms with Crippen LogP contribution < -0.4 is 10.0 Å². The molecule has 4 nitrogen and oxygen atoms in total. The maximum atomic E-state index is 13.5. The fraction of sp³-hybridized carbons (Fsp3) is 0.455. The van der Waals surface area contributed by atoms with Crippen LogP contribution in [0.1, 0.15) is 13.3 Å². The summed E-state index contributed by atoms with van der Waals surface area (Å²) in [6.45, 7) is 3.37. The molecule has 1 aromatic rings. The Balaban J connectivity index is 2.59. The van der Waals surface area contributed by atoms with Crippen molar-refractivity contribution in [1.29, 1.82) is 0 Å². The van der Waals surface area contributed by atoms with E-state index in [0.29, 0.717) is 17.4 Å². The molecule has 0 aliphatic heterocycles. The number of nitrogens with one attached hydrogen (secondary N) is 2. The Bertz CT molecular complexity index is 494. The predicted octanol–water partition coefficient (Wildman–Crippen LogP) is 2.33. The lowest BCUT2D eigenvalue weighted by atomic mass is 10.3. The summed E-state index contributed by atoms with van der Waals surface area (Å²) in [5, 5.41) is 3.03. The van der Waals surface area contributed by atoms with E-state index in [-0.39, 0.29) is 11.4 Å². The SMILES string of the molecule is CCNCCCS(=O)(=O)Nc1ccc(Br)cc1F. The third-order valence-corrected chi connectivity index (χ3v) is 4.06. The topological polar surface area (TPSA) is 58.2 Å². The summed E-state index contributed by atoms with van der Waals surface area (Å²) in [6.07, 6.45) is 0.487. The average molecular weight is 339 g/mol. The van der Waals surface area contributed by atoms with Gasteiger partial charge in [0.05, 0.1) is 11.4 Å². The molecule has 102 valence electrons. The lowest BCUT2D eigenvalue weighted by Gasteiger charge is -2.09. The maximum absolute atomic E-state index is 13.5. The molecular formula is C11H16BrFN2O2S. The van der Waals surface area contributed by atoms with E-state index in [0.717, 1.165) is 6.54 Å². The molecule has 0 saturated carbocycles. The summed E-state index contributed by atoms with van der Waals surface area (Å²) in [6, 6.07) is 4.19. The van der Waals surface area contributed by atoms with E-state index >= 15 is 0 Å². The highest BCUT2D eigenvalue weighted by atomic mass is 79.9. The first-order chi connectivity index (χ1) is 8.44. The van der Waals surface area contributed by atoms with Gasteiger partial charge in [-0.3, -0.25) is 4.72 Å². The largest absolute Gasteiger partial charge is 0.317 e. The fourth-order valence-electron chi connectivity index (χ4n) is 1.35. The highest BCUT2D eigenvalue weighted by Crippen LogP contribution is 2.20. The summed E-state index contributed by atoms with van der Waals surface area (Å²) in [5.74, 6) is -0.630. The van der Waals surface area contributed by atoms with Crippen LogP contribution in [0, 0.1) is 5.82 Å². The Kier molecular flexibility index (Phi) is 6.04. The van der Waals surface area contributed by atoms with Crippen LogP contribution in [0.25, 0.3) is 0 Å². The second kappa shape index (κ2) is 7.06. The summed E-state index contributed by atoms with van der Waals surface area (Å²) >= 11 is 3.11. The molecular weight excluding hydrogens is 323 g/mol. The lowest BCUT2D eigenvalue weighted by molar-refractivity contribution is 0.593. The van der Waals surface area contributed by atoms with Gasteiger partial charge in [-0.25, -0.2) is 12.8 Å². The van der Waals surface area contributed by atoms with Gasteiger partial charge in [-0.05, 0) is 37.7 Å². The maximum Gasteiger partial charge on any atom is 0.232 e. The molecule has 0 fully saturated rings. The van der Waals surface area contributed by atoms with Gasteiger partial charge in [0.2, 0.25) is 10.0 Å². The van der Waals surface area contributed by atoms with E-state index in [2.05, 4.69) is 26.0 Å². The zero-order valence-electron chi connectivity index (χ0n) is 10.0. The number of anilines is 1. The second-order valence-corrected chi connectivity index (χ2v) is 6.51. The molecule has 0 aliphatic carbocycles. The minimum Gasteiger partial charge on any atom is -0.317 e. The molecule has 0 amide bonds. The van der Waals surface area contributed by atoms with Crippen molar-refractivity contribution in [3.8, 4) is 0 Å². The third-order valence-electron chi connectivity index (χ3n) is 2.21. The minimum absolute atomic E-state index is 0.0262. The fourth-order valence-corrected chi connectivity index (χ4v) is 2.81. The number of hydrogen-bond acceptors (Lipinski definition) is 3. The van der Waals surface area contributed by atoms with Crippen molar-refractivity contribution < 1.29 is 12.8 Å². The van der Waals surface area contributed by atoms with Crippen LogP contribution in [0.3, 0.4) is 0 Å². The first-order valence-corrected chi connectivity index (χ1v) is 8.05. The number of hydrogen-bond donors (Lipinski definition) is 2. The van der Waals surface area contributed by atoms with E-state index < -0.39 is 15.8 Å². The summed E-state index contributed by atoms with van der Waals surface area (Å²) in [4.78, 5) is 0. The van der Waals surface area contributed by atoms with Crippen molar-refractivity contribution in [1.82, 2.24) is 5.32 Å². The monoisotopic (exact) mass is 338 g/mol. The highest BCUT2D eigenvalue weighted by molar-refractivity contribution is 9.10. The number of halogens is 2. The normalized spacial score (nSPS) is 11.5. The zero-order chi connectivity index (χ0) is 13.6. The molecule has 0 atom stereocenters. The third kappa shape index (κ3) is 5.32. The van der Waals surface area contributed by atoms with E-state index in [1.807, 2.05) is 6.92 Å². The van der Waals surface area contributed by atoms with Crippen LogP contribution >= 0.6 is 15.9 Å². The molecule has 0 aromatic heterocycles. The smallest absolute Gasteiger partial charge is 0.232 e. The first kappa shape index (κ1) is 15.4. The van der Waals surface area contributed by atoms with Crippen LogP contribution in [0.5, 0.6) is 0 Å². The van der Waals surface area contributed by atoms with Gasteiger partial charge in [-0.15, -0.1) is 0 Å². The van der Waals surface area contributed by atoms with Crippen molar-refractivity contribution in [3.63, 3.8) is 0 Å². The molecule has 1 rings (SSSR count). The van der Waals surface area contributed by atoms with Crippen LogP contribution in [0.2, 0.25) is 0 Å². The summed E-state index contributed by atoms with van der Waals surface area (Å²) in [7, 11) is -3.50. The zero-order valence-corrected chi connectivity index (χ0v) is 12.4. The first-order valence-electron chi connectivity index (χ1n) is 5.61. The molecule has 0 heterocycles. The molecule has 0 bridgehead atoms. The van der Waals surface area contributed by atoms with Crippen molar-refractivity contribution in [2.45, 2.75) is 13.3 Å². The Morgan fingerprint density at radius 1 is 1.39 bits per heavy atom. The van der Waals surface area contributed by atoms with Crippen molar-refractivity contribution in [2.24, 2.45) is 0 Å². The number of rotatable bonds is 7. The van der Waals surface area contributed by atoms with Gasteiger partial charge in [0.25, 0.3) is 0 Å². The Morgan fingerprint density at radius 3 is 2.72 bits per heavy atom. The quantitative estimate of drug-likeness (QED) is 0.750. The van der Waals surface area contributed by atoms with Crippen molar-refractivity contribution in [2.75, 3.05) is 23.6 Å². The molecule has 7 heteroatoms. The number of sulfonamides is 1. The molecule has 18 heavy (non-hydrogen) atoms. The standard InChI is InChI=1S/C11H16BrFN2O2S/c1-2-14-6-3-7-18(16,17)15-11-5-4-9(12)8-10(11)13/h4-5,8,14-15H,2-3,6-7H2,1H3.